The van der Waals surface area contributed by atoms with E-state index in [1.165, 1.54) is 25.7 Å². The monoisotopic (exact) mass is 237 g/mol. The predicted octanol–water partition coefficient (Wildman–Crippen LogP) is 1.18. The van der Waals surface area contributed by atoms with Gasteiger partial charge in [-0.2, -0.15) is 0 Å². The first-order chi connectivity index (χ1) is 8.33. The minimum absolute atomic E-state index is 0.174. The average molecular weight is 237 g/mol. The van der Waals surface area contributed by atoms with Crippen molar-refractivity contribution in [2.75, 3.05) is 26.2 Å². The van der Waals surface area contributed by atoms with Crippen molar-refractivity contribution in [3.63, 3.8) is 0 Å². The lowest BCUT2D eigenvalue weighted by Gasteiger charge is -2.30. The Bertz CT molecular complexity index is 284. The van der Waals surface area contributed by atoms with Gasteiger partial charge < -0.3 is 15.5 Å². The van der Waals surface area contributed by atoms with Crippen LogP contribution in [-0.4, -0.2) is 43.2 Å². The van der Waals surface area contributed by atoms with E-state index in [0.29, 0.717) is 6.04 Å². The standard InChI is InChI=1S/C13H23N3O/c17-13-15-12(11-2-1-3-11)9-16(13)7-5-10-4-6-14-8-10/h10-12,14H,1-9H2,(H,15,17). The molecule has 0 spiro atoms. The summed E-state index contributed by atoms with van der Waals surface area (Å²) < 4.78 is 0. The third-order valence-corrected chi connectivity index (χ3v) is 4.70. The van der Waals surface area contributed by atoms with Gasteiger partial charge in [0, 0.05) is 13.1 Å². The van der Waals surface area contributed by atoms with Crippen LogP contribution in [0.4, 0.5) is 4.79 Å². The van der Waals surface area contributed by atoms with Crippen LogP contribution in [0.1, 0.15) is 32.1 Å². The second-order valence-electron chi connectivity index (χ2n) is 5.84. The average Bonchev–Trinajstić information content (AvgIpc) is 2.83. The molecule has 0 aromatic heterocycles. The molecule has 4 heteroatoms. The molecule has 2 atom stereocenters. The summed E-state index contributed by atoms with van der Waals surface area (Å²) >= 11 is 0. The number of hydrogen-bond acceptors (Lipinski definition) is 2. The molecule has 2 aliphatic heterocycles. The summed E-state index contributed by atoms with van der Waals surface area (Å²) in [6, 6.07) is 0.616. The van der Waals surface area contributed by atoms with Crippen LogP contribution in [0.2, 0.25) is 0 Å². The lowest BCUT2D eigenvalue weighted by Crippen LogP contribution is -2.37. The van der Waals surface area contributed by atoms with Crippen molar-refractivity contribution >= 4 is 6.03 Å². The Morgan fingerprint density at radius 1 is 1.29 bits per heavy atom. The molecule has 4 nitrogen and oxygen atoms in total. The third-order valence-electron chi connectivity index (χ3n) is 4.70. The number of carbonyl (C=O) groups excluding carboxylic acids is 1. The molecule has 0 aromatic rings. The largest absolute Gasteiger partial charge is 0.333 e. The van der Waals surface area contributed by atoms with E-state index in [1.54, 1.807) is 0 Å². The SMILES string of the molecule is O=C1NC(C2CCC2)CN1CCC1CCNC1. The summed E-state index contributed by atoms with van der Waals surface area (Å²) in [7, 11) is 0. The smallest absolute Gasteiger partial charge is 0.317 e. The molecule has 2 saturated heterocycles. The molecule has 1 aliphatic carbocycles. The fourth-order valence-corrected chi connectivity index (χ4v) is 3.22. The zero-order valence-corrected chi connectivity index (χ0v) is 10.5. The summed E-state index contributed by atoms with van der Waals surface area (Å²) in [5, 5.41) is 6.54. The minimum atomic E-state index is 0.174. The summed E-state index contributed by atoms with van der Waals surface area (Å²) in [4.78, 5) is 13.9. The van der Waals surface area contributed by atoms with Gasteiger partial charge in [0.25, 0.3) is 0 Å². The molecule has 3 rings (SSSR count). The first kappa shape index (κ1) is 11.3. The van der Waals surface area contributed by atoms with E-state index in [4.69, 9.17) is 0 Å². The second kappa shape index (κ2) is 4.84. The van der Waals surface area contributed by atoms with Gasteiger partial charge in [-0.25, -0.2) is 4.79 Å². The molecule has 0 aromatic carbocycles. The molecule has 2 heterocycles. The first-order valence-electron chi connectivity index (χ1n) is 7.09. The van der Waals surface area contributed by atoms with E-state index >= 15 is 0 Å². The van der Waals surface area contributed by atoms with Crippen molar-refractivity contribution in [1.82, 2.24) is 15.5 Å². The van der Waals surface area contributed by atoms with E-state index in [-0.39, 0.29) is 6.03 Å². The lowest BCUT2D eigenvalue weighted by molar-refractivity contribution is 0.213. The van der Waals surface area contributed by atoms with E-state index in [2.05, 4.69) is 10.6 Å². The van der Waals surface area contributed by atoms with Gasteiger partial charge in [0.1, 0.15) is 0 Å². The summed E-state index contributed by atoms with van der Waals surface area (Å²) in [6.45, 7) is 4.19. The maximum atomic E-state index is 11.8. The molecule has 0 bridgehead atoms. The van der Waals surface area contributed by atoms with E-state index in [9.17, 15) is 4.79 Å². The normalized spacial score (nSPS) is 33.9. The maximum Gasteiger partial charge on any atom is 0.317 e. The van der Waals surface area contributed by atoms with Crippen molar-refractivity contribution in [1.29, 1.82) is 0 Å². The Balaban J connectivity index is 1.45. The van der Waals surface area contributed by atoms with Crippen LogP contribution < -0.4 is 10.6 Å². The predicted molar refractivity (Wildman–Crippen MR) is 66.8 cm³/mol. The Morgan fingerprint density at radius 2 is 2.18 bits per heavy atom. The molecular formula is C13H23N3O. The molecule has 1 saturated carbocycles. The van der Waals surface area contributed by atoms with Crippen LogP contribution in [0.25, 0.3) is 0 Å². The van der Waals surface area contributed by atoms with Gasteiger partial charge in [-0.05, 0) is 50.6 Å². The number of rotatable bonds is 4. The van der Waals surface area contributed by atoms with E-state index < -0.39 is 0 Å². The van der Waals surface area contributed by atoms with Crippen LogP contribution in [0.3, 0.4) is 0 Å². The highest BCUT2D eigenvalue weighted by Gasteiger charge is 2.36. The third kappa shape index (κ3) is 2.41. The number of carbonyl (C=O) groups is 1. The molecule has 2 unspecified atom stereocenters. The van der Waals surface area contributed by atoms with Gasteiger partial charge in [-0.3, -0.25) is 0 Å². The van der Waals surface area contributed by atoms with Gasteiger partial charge >= 0.3 is 6.03 Å². The van der Waals surface area contributed by atoms with Crippen LogP contribution in [0.15, 0.2) is 0 Å². The van der Waals surface area contributed by atoms with Crippen LogP contribution in [0.5, 0.6) is 0 Å². The minimum Gasteiger partial charge on any atom is -0.333 e. The van der Waals surface area contributed by atoms with Gasteiger partial charge in [0.15, 0.2) is 0 Å². The molecule has 0 radical (unpaired) electrons. The Morgan fingerprint density at radius 3 is 2.82 bits per heavy atom. The molecule has 17 heavy (non-hydrogen) atoms. The van der Waals surface area contributed by atoms with Crippen molar-refractivity contribution < 1.29 is 4.79 Å². The van der Waals surface area contributed by atoms with Crippen LogP contribution in [0, 0.1) is 11.8 Å². The van der Waals surface area contributed by atoms with E-state index in [0.717, 1.165) is 44.4 Å². The topological polar surface area (TPSA) is 44.4 Å². The van der Waals surface area contributed by atoms with Gasteiger partial charge in [-0.15, -0.1) is 0 Å². The van der Waals surface area contributed by atoms with Gasteiger partial charge in [-0.1, -0.05) is 6.42 Å². The van der Waals surface area contributed by atoms with Crippen LogP contribution in [-0.2, 0) is 0 Å². The van der Waals surface area contributed by atoms with Crippen molar-refractivity contribution in [3.8, 4) is 0 Å². The fraction of sp³-hybridized carbons (Fsp3) is 0.923. The highest BCUT2D eigenvalue weighted by atomic mass is 16.2. The highest BCUT2D eigenvalue weighted by molar-refractivity contribution is 5.76. The van der Waals surface area contributed by atoms with Gasteiger partial charge in [0.2, 0.25) is 0 Å². The van der Waals surface area contributed by atoms with Crippen molar-refractivity contribution in [2.45, 2.75) is 38.1 Å². The molecule has 3 aliphatic rings. The summed E-state index contributed by atoms with van der Waals surface area (Å²) in [5.41, 5.74) is 0. The zero-order valence-electron chi connectivity index (χ0n) is 10.5. The number of amides is 2. The number of hydrogen-bond donors (Lipinski definition) is 2. The van der Waals surface area contributed by atoms with Gasteiger partial charge in [0.05, 0.1) is 6.04 Å². The number of urea groups is 1. The summed E-state index contributed by atoms with van der Waals surface area (Å²) in [6.07, 6.45) is 6.42. The first-order valence-corrected chi connectivity index (χ1v) is 7.09. The summed E-state index contributed by atoms with van der Waals surface area (Å²) in [5.74, 6) is 1.54. The number of nitrogens with zero attached hydrogens (tertiary/aromatic N) is 1. The number of nitrogens with one attached hydrogen (secondary N) is 2. The second-order valence-corrected chi connectivity index (χ2v) is 5.84. The van der Waals surface area contributed by atoms with Crippen molar-refractivity contribution in [2.24, 2.45) is 11.8 Å². The molecule has 2 amide bonds. The maximum absolute atomic E-state index is 11.8. The molecule has 2 N–H and O–H groups in total. The molecular weight excluding hydrogens is 214 g/mol. The molecule has 96 valence electrons. The zero-order chi connectivity index (χ0) is 11.7. The Hall–Kier alpha value is -0.770. The lowest BCUT2D eigenvalue weighted by atomic mass is 9.80. The fourth-order valence-electron chi connectivity index (χ4n) is 3.22. The molecule has 3 fully saturated rings. The van der Waals surface area contributed by atoms with Crippen molar-refractivity contribution in [3.05, 3.63) is 0 Å². The quantitative estimate of drug-likeness (QED) is 0.771. The Kier molecular flexibility index (Phi) is 3.23. The highest BCUT2D eigenvalue weighted by Crippen LogP contribution is 2.31. The van der Waals surface area contributed by atoms with E-state index in [1.807, 2.05) is 4.90 Å². The Labute approximate surface area is 103 Å². The van der Waals surface area contributed by atoms with Crippen LogP contribution >= 0.6 is 0 Å².